The molecule has 1 saturated carbocycles. The van der Waals surface area contributed by atoms with Gasteiger partial charge in [-0.25, -0.2) is 8.78 Å². The van der Waals surface area contributed by atoms with Crippen molar-refractivity contribution >= 4 is 0 Å². The van der Waals surface area contributed by atoms with Gasteiger partial charge in [0.25, 0.3) is 0 Å². The summed E-state index contributed by atoms with van der Waals surface area (Å²) in [7, 11) is 0. The fraction of sp³-hybridized carbons (Fsp3) is 0.450. The molecule has 25 heavy (non-hydrogen) atoms. The number of nitriles is 1. The molecule has 0 amide bonds. The lowest BCUT2D eigenvalue weighted by Gasteiger charge is -2.28. The summed E-state index contributed by atoms with van der Waals surface area (Å²) in [6.45, 7) is 0.298. The van der Waals surface area contributed by atoms with E-state index in [1.807, 2.05) is 6.08 Å². The van der Waals surface area contributed by atoms with Gasteiger partial charge in [0.1, 0.15) is 6.07 Å². The van der Waals surface area contributed by atoms with Gasteiger partial charge in [-0.15, -0.1) is 0 Å². The van der Waals surface area contributed by atoms with Gasteiger partial charge >= 0.3 is 0 Å². The molecule has 0 atom stereocenters. The number of rotatable bonds is 7. The van der Waals surface area contributed by atoms with E-state index < -0.39 is 17.5 Å². The van der Waals surface area contributed by atoms with E-state index >= 15 is 0 Å². The lowest BCUT2D eigenvalue weighted by molar-refractivity contribution is 0.00634. The zero-order valence-corrected chi connectivity index (χ0v) is 14.1. The maximum absolute atomic E-state index is 13.2. The Labute approximate surface area is 146 Å². The van der Waals surface area contributed by atoms with Crippen molar-refractivity contribution in [1.82, 2.24) is 0 Å². The average molecular weight is 349 g/mol. The van der Waals surface area contributed by atoms with E-state index in [2.05, 4.69) is 0 Å². The molecule has 0 radical (unpaired) electrons. The van der Waals surface area contributed by atoms with Crippen LogP contribution in [0.3, 0.4) is 0 Å². The standard InChI is InChI=1S/C20H22F3NO/c21-17(13-24)5-3-1-2-4-15-6-9-18(10-7-15)25-14-16-8-11-19(22)20(23)12-16/h1,3,5,8,11-12,15,18H,2,4,6-7,9-10,14H2/t15-,18-. The maximum atomic E-state index is 13.2. The summed E-state index contributed by atoms with van der Waals surface area (Å²) in [5.41, 5.74) is 0.642. The lowest BCUT2D eigenvalue weighted by atomic mass is 9.84. The fourth-order valence-corrected chi connectivity index (χ4v) is 3.05. The Morgan fingerprint density at radius 1 is 1.20 bits per heavy atom. The van der Waals surface area contributed by atoms with Gasteiger partial charge in [0.15, 0.2) is 17.5 Å². The Bertz CT molecular complexity index is 655. The van der Waals surface area contributed by atoms with Crippen LogP contribution < -0.4 is 0 Å². The first-order valence-electron chi connectivity index (χ1n) is 8.56. The molecule has 0 N–H and O–H groups in total. The molecule has 0 unspecified atom stereocenters. The second kappa shape index (κ2) is 10.0. The Morgan fingerprint density at radius 3 is 2.64 bits per heavy atom. The molecule has 0 heterocycles. The van der Waals surface area contributed by atoms with E-state index in [1.54, 1.807) is 12.1 Å². The van der Waals surface area contributed by atoms with Gasteiger partial charge < -0.3 is 4.74 Å². The molecule has 0 aromatic heterocycles. The molecule has 1 aliphatic carbocycles. The topological polar surface area (TPSA) is 33.0 Å². The molecule has 5 heteroatoms. The molecule has 1 aromatic carbocycles. The van der Waals surface area contributed by atoms with Crippen LogP contribution in [0.4, 0.5) is 13.2 Å². The molecule has 1 aliphatic rings. The zero-order chi connectivity index (χ0) is 18.1. The third kappa shape index (κ3) is 6.75. The molecule has 2 rings (SSSR count). The first kappa shape index (κ1) is 19.3. The van der Waals surface area contributed by atoms with Crippen LogP contribution in [0.5, 0.6) is 0 Å². The Balaban J connectivity index is 1.64. The first-order valence-corrected chi connectivity index (χ1v) is 8.56. The van der Waals surface area contributed by atoms with Gasteiger partial charge in [-0.3, -0.25) is 0 Å². The number of halogens is 3. The highest BCUT2D eigenvalue weighted by atomic mass is 19.2. The van der Waals surface area contributed by atoms with Gasteiger partial charge in [-0.2, -0.15) is 9.65 Å². The third-order valence-electron chi connectivity index (χ3n) is 4.49. The molecular weight excluding hydrogens is 327 g/mol. The maximum Gasteiger partial charge on any atom is 0.199 e. The molecular formula is C20H22F3NO. The summed E-state index contributed by atoms with van der Waals surface area (Å²) in [6.07, 6.45) is 10.7. The molecule has 0 bridgehead atoms. The van der Waals surface area contributed by atoms with Crippen LogP contribution in [-0.2, 0) is 11.3 Å². The molecule has 134 valence electrons. The van der Waals surface area contributed by atoms with Crippen LogP contribution >= 0.6 is 0 Å². The summed E-state index contributed by atoms with van der Waals surface area (Å²) < 4.78 is 44.4. The van der Waals surface area contributed by atoms with Crippen molar-refractivity contribution in [3.05, 3.63) is 59.5 Å². The van der Waals surface area contributed by atoms with Gasteiger partial charge in [-0.05, 0) is 68.2 Å². The number of ether oxygens (including phenoxy) is 1. The largest absolute Gasteiger partial charge is 0.374 e. The van der Waals surface area contributed by atoms with E-state index in [1.165, 1.54) is 18.2 Å². The predicted octanol–water partition coefficient (Wildman–Crippen LogP) is 5.75. The van der Waals surface area contributed by atoms with Crippen molar-refractivity contribution in [3.8, 4) is 6.07 Å². The van der Waals surface area contributed by atoms with Crippen molar-refractivity contribution in [2.24, 2.45) is 5.92 Å². The van der Waals surface area contributed by atoms with Crippen molar-refractivity contribution in [2.45, 2.75) is 51.2 Å². The molecule has 0 saturated heterocycles. The predicted molar refractivity (Wildman–Crippen MR) is 90.1 cm³/mol. The van der Waals surface area contributed by atoms with Crippen molar-refractivity contribution in [1.29, 1.82) is 5.26 Å². The van der Waals surface area contributed by atoms with E-state index in [0.717, 1.165) is 44.6 Å². The van der Waals surface area contributed by atoms with Crippen LogP contribution in [0.15, 0.2) is 42.3 Å². The highest BCUT2D eigenvalue weighted by Gasteiger charge is 2.21. The Hall–Kier alpha value is -2.06. The van der Waals surface area contributed by atoms with Crippen LogP contribution in [0, 0.1) is 28.9 Å². The summed E-state index contributed by atoms with van der Waals surface area (Å²) >= 11 is 0. The van der Waals surface area contributed by atoms with Crippen LogP contribution in [0.25, 0.3) is 0 Å². The number of allylic oxidation sites excluding steroid dienone is 4. The van der Waals surface area contributed by atoms with Gasteiger partial charge in [0, 0.05) is 0 Å². The number of nitrogens with zero attached hydrogens (tertiary/aromatic N) is 1. The summed E-state index contributed by atoms with van der Waals surface area (Å²) in [6, 6.07) is 5.27. The highest BCUT2D eigenvalue weighted by Crippen LogP contribution is 2.30. The van der Waals surface area contributed by atoms with Gasteiger partial charge in [-0.1, -0.05) is 18.2 Å². The fourth-order valence-electron chi connectivity index (χ4n) is 3.05. The molecule has 1 aromatic rings. The Morgan fingerprint density at radius 2 is 1.96 bits per heavy atom. The minimum Gasteiger partial charge on any atom is -0.374 e. The number of benzene rings is 1. The highest BCUT2D eigenvalue weighted by molar-refractivity contribution is 5.18. The van der Waals surface area contributed by atoms with E-state index in [4.69, 9.17) is 10.00 Å². The monoisotopic (exact) mass is 349 g/mol. The summed E-state index contributed by atoms with van der Waals surface area (Å²) in [5.74, 6) is -1.85. The summed E-state index contributed by atoms with van der Waals surface area (Å²) in [5, 5.41) is 8.29. The minimum atomic E-state index is -0.845. The van der Waals surface area contributed by atoms with Crippen molar-refractivity contribution < 1.29 is 17.9 Å². The average Bonchev–Trinajstić information content (AvgIpc) is 2.63. The number of hydrogen-bond donors (Lipinski definition) is 0. The minimum absolute atomic E-state index is 0.160. The lowest BCUT2D eigenvalue weighted by Crippen LogP contribution is -2.21. The molecule has 0 aliphatic heterocycles. The Kier molecular flexibility index (Phi) is 7.75. The molecule has 1 fully saturated rings. The molecule has 0 spiro atoms. The third-order valence-corrected chi connectivity index (χ3v) is 4.49. The van der Waals surface area contributed by atoms with Crippen LogP contribution in [-0.4, -0.2) is 6.10 Å². The van der Waals surface area contributed by atoms with Crippen molar-refractivity contribution in [2.75, 3.05) is 0 Å². The second-order valence-corrected chi connectivity index (χ2v) is 6.33. The summed E-state index contributed by atoms with van der Waals surface area (Å²) in [4.78, 5) is 0. The van der Waals surface area contributed by atoms with Crippen LogP contribution in [0.2, 0.25) is 0 Å². The first-order chi connectivity index (χ1) is 12.1. The van der Waals surface area contributed by atoms with Crippen molar-refractivity contribution in [3.63, 3.8) is 0 Å². The van der Waals surface area contributed by atoms with Gasteiger partial charge in [0.2, 0.25) is 0 Å². The molecule has 2 nitrogen and oxygen atoms in total. The SMILES string of the molecule is N#CC(F)=CC=CCC[C@H]1CC[C@H](OCc2ccc(F)c(F)c2)CC1. The van der Waals surface area contributed by atoms with E-state index in [0.29, 0.717) is 18.1 Å². The van der Waals surface area contributed by atoms with Crippen LogP contribution in [0.1, 0.15) is 44.1 Å². The second-order valence-electron chi connectivity index (χ2n) is 6.33. The van der Waals surface area contributed by atoms with Gasteiger partial charge in [0.05, 0.1) is 12.7 Å². The quantitative estimate of drug-likeness (QED) is 0.463. The normalized spacial score (nSPS) is 21.4. The number of hydrogen-bond acceptors (Lipinski definition) is 2. The van der Waals surface area contributed by atoms with E-state index in [-0.39, 0.29) is 6.10 Å². The van der Waals surface area contributed by atoms with E-state index in [9.17, 15) is 13.2 Å². The smallest absolute Gasteiger partial charge is 0.199 e. The zero-order valence-electron chi connectivity index (χ0n) is 14.1.